The van der Waals surface area contributed by atoms with Crippen LogP contribution in [0, 0.1) is 17.2 Å². The summed E-state index contributed by atoms with van der Waals surface area (Å²) < 4.78 is 45.9. The molecule has 0 saturated heterocycles. The molecule has 1 aromatic heterocycles. The van der Waals surface area contributed by atoms with Crippen LogP contribution in [0.1, 0.15) is 34.9 Å². The lowest BCUT2D eigenvalue weighted by molar-refractivity contribution is -0.137. The highest BCUT2D eigenvalue weighted by Gasteiger charge is 2.34. The molecule has 2 aliphatic carbocycles. The van der Waals surface area contributed by atoms with Gasteiger partial charge in [0, 0.05) is 11.3 Å². The molecule has 1 amide bonds. The number of halogens is 3. The summed E-state index contributed by atoms with van der Waals surface area (Å²) in [7, 11) is 0. The Morgan fingerprint density at radius 1 is 1.16 bits per heavy atom. The van der Waals surface area contributed by atoms with Gasteiger partial charge in [0.05, 0.1) is 28.2 Å². The molecule has 3 aliphatic rings. The molecule has 0 spiro atoms. The number of hydrogen-bond donors (Lipinski definition) is 1. The highest BCUT2D eigenvalue weighted by Crippen LogP contribution is 2.30. The molecule has 2 heterocycles. The lowest BCUT2D eigenvalue weighted by atomic mass is 9.98. The minimum Gasteiger partial charge on any atom is -0.464 e. The quantitative estimate of drug-likeness (QED) is 0.381. The molecule has 0 fully saturated rings. The number of Topliss-reactive ketones (excluding diaryl/α,β-unsaturated/α-hetero) is 1. The summed E-state index contributed by atoms with van der Waals surface area (Å²) in [4.78, 5) is 26.3. The van der Waals surface area contributed by atoms with Gasteiger partial charge >= 0.3 is 6.18 Å². The topological polar surface area (TPSA) is 97.0 Å². The molecule has 5 rings (SSSR count). The largest absolute Gasteiger partial charge is 0.464 e. The fourth-order valence-electron chi connectivity index (χ4n) is 4.32. The van der Waals surface area contributed by atoms with E-state index in [0.717, 1.165) is 36.3 Å². The Bertz CT molecular complexity index is 1560. The van der Waals surface area contributed by atoms with Crippen molar-refractivity contribution in [3.8, 4) is 6.07 Å². The van der Waals surface area contributed by atoms with Crippen molar-refractivity contribution in [2.24, 2.45) is 5.92 Å². The van der Waals surface area contributed by atoms with E-state index in [1.165, 1.54) is 6.26 Å². The van der Waals surface area contributed by atoms with Gasteiger partial charge in [0.25, 0.3) is 0 Å². The summed E-state index contributed by atoms with van der Waals surface area (Å²) in [6.45, 7) is 0. The van der Waals surface area contributed by atoms with Crippen molar-refractivity contribution in [3.05, 3.63) is 94.4 Å². The minimum atomic E-state index is -4.53. The number of nitrogens with one attached hydrogen (secondary N) is 1. The maximum absolute atomic E-state index is 13.5. The van der Waals surface area contributed by atoms with E-state index in [4.69, 9.17) is 4.74 Å². The zero-order valence-corrected chi connectivity index (χ0v) is 19.2. The van der Waals surface area contributed by atoms with Gasteiger partial charge in [0.2, 0.25) is 11.7 Å². The molecular weight excluding hydrogens is 485 g/mol. The van der Waals surface area contributed by atoms with E-state index in [2.05, 4.69) is 10.4 Å². The number of ether oxygens (including phenoxy) is 1. The molecule has 186 valence electrons. The van der Waals surface area contributed by atoms with Gasteiger partial charge in [-0.3, -0.25) is 14.3 Å². The number of allylic oxidation sites excluding steroid dienone is 8. The smallest absolute Gasteiger partial charge is 0.416 e. The summed E-state index contributed by atoms with van der Waals surface area (Å²) in [5.74, 6) is -2.98. The fraction of sp³-hybridized carbons (Fsp3) is 0.185. The van der Waals surface area contributed by atoms with Crippen molar-refractivity contribution >= 4 is 29.2 Å². The van der Waals surface area contributed by atoms with Crippen LogP contribution < -0.4 is 15.9 Å². The second-order valence-electron chi connectivity index (χ2n) is 8.51. The lowest BCUT2D eigenvalue weighted by Crippen LogP contribution is -2.39. The van der Waals surface area contributed by atoms with Crippen molar-refractivity contribution in [3.63, 3.8) is 0 Å². The molecule has 1 aromatic carbocycles. The number of nitriles is 1. The number of ketones is 1. The monoisotopic (exact) mass is 504 g/mol. The number of hydrogen-bond acceptors (Lipinski definition) is 5. The number of fused-ring (bicyclic) bond motifs is 2. The first kappa shape index (κ1) is 24.1. The summed E-state index contributed by atoms with van der Waals surface area (Å²) in [5, 5.41) is 17.6. The average Bonchev–Trinajstić information content (AvgIpc) is 3.30. The standard InChI is InChI=1S/C27H19F3N4O3/c28-27(29,30)16-10-12-17(13-11-16)32-26(36)20(14-31)25(35)23-21-15-37-22-9-5-4-8-19(22)24(21)34(33-23)18-6-2-1-3-7-18/h2-7,9-13,15,18,20H,1,8H2,(H,32,36). The molecule has 7 nitrogen and oxygen atoms in total. The molecule has 1 unspecified atom stereocenters. The number of alkyl halides is 3. The number of carbonyl (C=O) groups is 2. The van der Waals surface area contributed by atoms with E-state index in [0.29, 0.717) is 22.7 Å². The Balaban J connectivity index is 1.51. The van der Waals surface area contributed by atoms with Crippen LogP contribution in [-0.2, 0) is 15.7 Å². The van der Waals surface area contributed by atoms with Crippen molar-refractivity contribution < 1.29 is 27.5 Å². The van der Waals surface area contributed by atoms with Crippen molar-refractivity contribution in [1.29, 1.82) is 5.26 Å². The van der Waals surface area contributed by atoms with Gasteiger partial charge in [0.1, 0.15) is 17.7 Å². The molecule has 0 bridgehead atoms. The first-order valence-electron chi connectivity index (χ1n) is 11.4. The Morgan fingerprint density at radius 3 is 2.57 bits per heavy atom. The van der Waals surface area contributed by atoms with E-state index in [9.17, 15) is 28.0 Å². The second kappa shape index (κ2) is 9.43. The SMILES string of the molecule is N#CC(C(=O)Nc1ccc(C(F)(F)F)cc1)C(=O)c1nn(C2C=CCC=C2)c2c1=COC1=CC=CCC=21. The van der Waals surface area contributed by atoms with Gasteiger partial charge in [-0.25, -0.2) is 0 Å². The molecule has 10 heteroatoms. The molecule has 1 atom stereocenters. The number of anilines is 1. The average molecular weight is 504 g/mol. The normalized spacial score (nSPS) is 17.0. The molecular formula is C27H19F3N4O3. The van der Waals surface area contributed by atoms with Crippen LogP contribution in [0.25, 0.3) is 11.8 Å². The first-order chi connectivity index (χ1) is 17.8. The zero-order chi connectivity index (χ0) is 26.2. The predicted octanol–water partition coefficient (Wildman–Crippen LogP) is 3.68. The van der Waals surface area contributed by atoms with Gasteiger partial charge in [-0.1, -0.05) is 36.5 Å². The Kier molecular flexibility index (Phi) is 6.13. The highest BCUT2D eigenvalue weighted by molar-refractivity contribution is 6.15. The van der Waals surface area contributed by atoms with Crippen LogP contribution in [0.3, 0.4) is 0 Å². The summed E-state index contributed by atoms with van der Waals surface area (Å²) >= 11 is 0. The van der Waals surface area contributed by atoms with Crippen molar-refractivity contribution in [2.75, 3.05) is 5.32 Å². The van der Waals surface area contributed by atoms with Crippen LogP contribution in [0.2, 0.25) is 0 Å². The predicted molar refractivity (Wildman–Crippen MR) is 128 cm³/mol. The third kappa shape index (κ3) is 4.51. The van der Waals surface area contributed by atoms with Crippen LogP contribution in [0.4, 0.5) is 18.9 Å². The molecule has 1 aliphatic heterocycles. The molecule has 0 saturated carbocycles. The number of benzene rings is 1. The maximum atomic E-state index is 13.5. The van der Waals surface area contributed by atoms with Gasteiger partial charge in [-0.2, -0.15) is 23.5 Å². The van der Waals surface area contributed by atoms with Gasteiger partial charge in [-0.05, 0) is 43.2 Å². The van der Waals surface area contributed by atoms with E-state index in [1.807, 2.05) is 36.5 Å². The van der Waals surface area contributed by atoms with Crippen molar-refractivity contribution in [2.45, 2.75) is 25.1 Å². The fourth-order valence-corrected chi connectivity index (χ4v) is 4.32. The van der Waals surface area contributed by atoms with E-state index in [-0.39, 0.29) is 17.4 Å². The summed E-state index contributed by atoms with van der Waals surface area (Å²) in [6.07, 6.45) is 11.6. The summed E-state index contributed by atoms with van der Waals surface area (Å²) in [6, 6.07) is 5.14. The van der Waals surface area contributed by atoms with Crippen LogP contribution in [0.15, 0.2) is 72.6 Å². The van der Waals surface area contributed by atoms with Crippen LogP contribution in [0.5, 0.6) is 0 Å². The molecule has 0 radical (unpaired) electrons. The van der Waals surface area contributed by atoms with Crippen LogP contribution >= 0.6 is 0 Å². The Hall–Kier alpha value is -4.65. The highest BCUT2D eigenvalue weighted by atomic mass is 19.4. The maximum Gasteiger partial charge on any atom is 0.416 e. The van der Waals surface area contributed by atoms with Gasteiger partial charge < -0.3 is 10.1 Å². The number of amides is 1. The molecule has 2 aromatic rings. The minimum absolute atomic E-state index is 0.0188. The zero-order valence-electron chi connectivity index (χ0n) is 19.2. The third-order valence-electron chi connectivity index (χ3n) is 6.13. The van der Waals surface area contributed by atoms with Crippen molar-refractivity contribution in [1.82, 2.24) is 9.78 Å². The van der Waals surface area contributed by atoms with Crippen LogP contribution in [-0.4, -0.2) is 21.5 Å². The van der Waals surface area contributed by atoms with E-state index in [1.54, 1.807) is 16.8 Å². The number of nitrogens with zero attached hydrogens (tertiary/aromatic N) is 3. The third-order valence-corrected chi connectivity index (χ3v) is 6.13. The summed E-state index contributed by atoms with van der Waals surface area (Å²) in [5.41, 5.74) is -0.148. The number of carbonyl (C=O) groups excluding carboxylic acids is 2. The van der Waals surface area contributed by atoms with Gasteiger partial charge in [0.15, 0.2) is 5.92 Å². The van der Waals surface area contributed by atoms with E-state index >= 15 is 0 Å². The number of aromatic nitrogens is 2. The lowest BCUT2D eigenvalue weighted by Gasteiger charge is -2.18. The van der Waals surface area contributed by atoms with Gasteiger partial charge in [-0.15, -0.1) is 0 Å². The molecule has 1 N–H and O–H groups in total. The first-order valence-corrected chi connectivity index (χ1v) is 11.4. The Labute approximate surface area is 208 Å². The number of rotatable bonds is 5. The second-order valence-corrected chi connectivity index (χ2v) is 8.51. The van der Waals surface area contributed by atoms with E-state index < -0.39 is 29.3 Å². The Morgan fingerprint density at radius 2 is 1.89 bits per heavy atom. The molecule has 37 heavy (non-hydrogen) atoms.